The lowest BCUT2D eigenvalue weighted by Gasteiger charge is -2.30. The van der Waals surface area contributed by atoms with E-state index in [-0.39, 0.29) is 30.0 Å². The van der Waals surface area contributed by atoms with Gasteiger partial charge in [0, 0.05) is 48.4 Å². The van der Waals surface area contributed by atoms with E-state index in [2.05, 4.69) is 30.9 Å². The van der Waals surface area contributed by atoms with Crippen molar-refractivity contribution < 1.29 is 14.3 Å². The molecule has 0 amide bonds. The Morgan fingerprint density at radius 1 is 1.11 bits per heavy atom. The number of likely N-dealkylation sites (tertiary alicyclic amines) is 1. The number of fused-ring (bicyclic) bond motifs is 5. The highest BCUT2D eigenvalue weighted by atomic mass is 35.5. The Morgan fingerprint density at radius 3 is 2.48 bits per heavy atom. The van der Waals surface area contributed by atoms with Crippen molar-refractivity contribution in [1.29, 1.82) is 0 Å². The number of benzene rings is 2. The summed E-state index contributed by atoms with van der Waals surface area (Å²) in [6.45, 7) is 7.26. The van der Waals surface area contributed by atoms with Crippen LogP contribution >= 0.6 is 11.6 Å². The van der Waals surface area contributed by atoms with E-state index in [4.69, 9.17) is 21.1 Å². The molecule has 2 aromatic rings. The summed E-state index contributed by atoms with van der Waals surface area (Å²) in [5.41, 5.74) is 2.32. The van der Waals surface area contributed by atoms with E-state index in [0.29, 0.717) is 5.02 Å². The van der Waals surface area contributed by atoms with Crippen molar-refractivity contribution in [3.8, 4) is 11.5 Å². The summed E-state index contributed by atoms with van der Waals surface area (Å²) >= 11 is 6.31. The highest BCUT2D eigenvalue weighted by Crippen LogP contribution is 2.50. The fourth-order valence-corrected chi connectivity index (χ4v) is 4.56. The minimum atomic E-state index is -0.243. The molecule has 0 radical (unpaired) electrons. The van der Waals surface area contributed by atoms with Gasteiger partial charge < -0.3 is 9.47 Å². The monoisotopic (exact) mass is 385 g/mol. The van der Waals surface area contributed by atoms with Gasteiger partial charge >= 0.3 is 5.97 Å². The first-order valence-electron chi connectivity index (χ1n) is 9.41. The summed E-state index contributed by atoms with van der Waals surface area (Å²) in [7, 11) is 0. The van der Waals surface area contributed by atoms with E-state index < -0.39 is 0 Å². The van der Waals surface area contributed by atoms with Crippen LogP contribution in [0, 0.1) is 5.92 Å². The molecule has 27 heavy (non-hydrogen) atoms. The Hall–Kier alpha value is -2.04. The van der Waals surface area contributed by atoms with E-state index >= 15 is 0 Å². The molecular formula is C22H24ClNO3. The Morgan fingerprint density at radius 2 is 1.78 bits per heavy atom. The second-order valence-corrected chi connectivity index (χ2v) is 8.17. The van der Waals surface area contributed by atoms with Crippen LogP contribution in [0.2, 0.25) is 5.02 Å². The van der Waals surface area contributed by atoms with Crippen LogP contribution in [0.15, 0.2) is 42.5 Å². The van der Waals surface area contributed by atoms with Crippen molar-refractivity contribution in [3.05, 3.63) is 58.6 Å². The molecule has 0 aliphatic carbocycles. The molecule has 1 fully saturated rings. The van der Waals surface area contributed by atoms with Gasteiger partial charge in [0.25, 0.3) is 0 Å². The molecule has 2 heterocycles. The van der Waals surface area contributed by atoms with Crippen molar-refractivity contribution in [3.63, 3.8) is 0 Å². The highest BCUT2D eigenvalue weighted by molar-refractivity contribution is 6.30. The molecule has 0 bridgehead atoms. The number of para-hydroxylation sites is 1. The molecule has 2 aliphatic heterocycles. The van der Waals surface area contributed by atoms with E-state index in [9.17, 15) is 4.79 Å². The highest BCUT2D eigenvalue weighted by Gasteiger charge is 2.43. The standard InChI is InChI=1S/C22H24ClNO3/c1-13(2)22(26-14(3)25)24-11-18-16-6-4-5-7-20(16)27-21-9-8-15(23)10-17(21)19(18)12-24/h4-10,13,18-19,22H,11-12H2,1-3H3. The molecule has 1 saturated heterocycles. The van der Waals surface area contributed by atoms with Gasteiger partial charge in [-0.25, -0.2) is 0 Å². The van der Waals surface area contributed by atoms with E-state index in [1.165, 1.54) is 12.5 Å². The summed E-state index contributed by atoms with van der Waals surface area (Å²) in [4.78, 5) is 13.9. The predicted octanol–water partition coefficient (Wildman–Crippen LogP) is 5.17. The zero-order valence-electron chi connectivity index (χ0n) is 15.8. The average Bonchev–Trinajstić information content (AvgIpc) is 3.01. The Kier molecular flexibility index (Phi) is 4.87. The lowest BCUT2D eigenvalue weighted by atomic mass is 9.84. The number of nitrogens with zero attached hydrogens (tertiary/aromatic N) is 1. The van der Waals surface area contributed by atoms with E-state index in [1.807, 2.05) is 30.3 Å². The molecule has 3 atom stereocenters. The lowest BCUT2D eigenvalue weighted by molar-refractivity contribution is -0.160. The van der Waals surface area contributed by atoms with Gasteiger partial charge in [-0.2, -0.15) is 0 Å². The Bertz CT molecular complexity index is 866. The van der Waals surface area contributed by atoms with Gasteiger partial charge in [0.15, 0.2) is 6.23 Å². The van der Waals surface area contributed by atoms with Crippen LogP contribution in [0.1, 0.15) is 43.7 Å². The first-order valence-corrected chi connectivity index (χ1v) is 9.79. The van der Waals surface area contributed by atoms with Gasteiger partial charge in [0.05, 0.1) is 0 Å². The van der Waals surface area contributed by atoms with Crippen LogP contribution in [0.5, 0.6) is 11.5 Å². The molecule has 0 N–H and O–H groups in total. The average molecular weight is 386 g/mol. The SMILES string of the molecule is CC(=O)OC(C(C)C)N1CC2c3ccccc3Oc3ccc(Cl)cc3C2C1. The smallest absolute Gasteiger partial charge is 0.304 e. The number of rotatable bonds is 3. The van der Waals surface area contributed by atoms with Gasteiger partial charge in [-0.3, -0.25) is 9.69 Å². The van der Waals surface area contributed by atoms with Crippen molar-refractivity contribution in [2.75, 3.05) is 13.1 Å². The molecule has 5 heteroatoms. The van der Waals surface area contributed by atoms with E-state index in [0.717, 1.165) is 30.2 Å². The van der Waals surface area contributed by atoms with Crippen LogP contribution in [-0.2, 0) is 9.53 Å². The molecule has 2 aromatic carbocycles. The topological polar surface area (TPSA) is 38.8 Å². The number of hydrogen-bond acceptors (Lipinski definition) is 4. The lowest BCUT2D eigenvalue weighted by Crippen LogP contribution is -2.40. The summed E-state index contributed by atoms with van der Waals surface area (Å²) in [5.74, 6) is 2.21. The summed E-state index contributed by atoms with van der Waals surface area (Å²) < 4.78 is 11.9. The normalized spacial score (nSPS) is 22.3. The number of hydrogen-bond donors (Lipinski definition) is 0. The number of esters is 1. The van der Waals surface area contributed by atoms with Crippen LogP contribution in [0.4, 0.5) is 0 Å². The van der Waals surface area contributed by atoms with Crippen LogP contribution in [-0.4, -0.2) is 30.2 Å². The van der Waals surface area contributed by atoms with Crippen molar-refractivity contribution in [2.45, 2.75) is 38.8 Å². The van der Waals surface area contributed by atoms with Crippen molar-refractivity contribution in [1.82, 2.24) is 4.90 Å². The molecule has 0 saturated carbocycles. The maximum absolute atomic E-state index is 11.6. The summed E-state index contributed by atoms with van der Waals surface area (Å²) in [6.07, 6.45) is -0.231. The third kappa shape index (κ3) is 3.44. The minimum Gasteiger partial charge on any atom is -0.457 e. The molecule has 0 aromatic heterocycles. The van der Waals surface area contributed by atoms with Crippen molar-refractivity contribution in [2.24, 2.45) is 5.92 Å². The molecule has 142 valence electrons. The summed E-state index contributed by atoms with van der Waals surface area (Å²) in [6, 6.07) is 14.0. The van der Waals surface area contributed by atoms with Crippen LogP contribution in [0.3, 0.4) is 0 Å². The van der Waals surface area contributed by atoms with Gasteiger partial charge in [-0.1, -0.05) is 43.6 Å². The maximum Gasteiger partial charge on any atom is 0.304 e. The maximum atomic E-state index is 11.6. The van der Waals surface area contributed by atoms with Crippen LogP contribution < -0.4 is 4.74 Å². The van der Waals surface area contributed by atoms with Gasteiger partial charge in [-0.05, 0) is 29.8 Å². The summed E-state index contributed by atoms with van der Waals surface area (Å²) in [5, 5.41) is 0.709. The molecule has 4 rings (SSSR count). The van der Waals surface area contributed by atoms with Crippen molar-refractivity contribution >= 4 is 17.6 Å². The third-order valence-electron chi connectivity index (χ3n) is 5.47. The third-order valence-corrected chi connectivity index (χ3v) is 5.71. The fourth-order valence-electron chi connectivity index (χ4n) is 4.37. The first kappa shape index (κ1) is 18.3. The Balaban J connectivity index is 1.77. The largest absolute Gasteiger partial charge is 0.457 e. The second-order valence-electron chi connectivity index (χ2n) is 7.73. The molecule has 0 spiro atoms. The van der Waals surface area contributed by atoms with Gasteiger partial charge in [0.1, 0.15) is 11.5 Å². The number of carbonyl (C=O) groups is 1. The first-order chi connectivity index (χ1) is 12.9. The van der Waals surface area contributed by atoms with Gasteiger partial charge in [0.2, 0.25) is 0 Å². The number of carbonyl (C=O) groups excluding carboxylic acids is 1. The van der Waals surface area contributed by atoms with Crippen LogP contribution in [0.25, 0.3) is 0 Å². The quantitative estimate of drug-likeness (QED) is 0.683. The fraction of sp³-hybridized carbons (Fsp3) is 0.409. The number of ether oxygens (including phenoxy) is 2. The minimum absolute atomic E-state index is 0.210. The van der Waals surface area contributed by atoms with E-state index in [1.54, 1.807) is 0 Å². The molecule has 4 nitrogen and oxygen atoms in total. The number of halogens is 1. The zero-order chi connectivity index (χ0) is 19.1. The van der Waals surface area contributed by atoms with Gasteiger partial charge in [-0.15, -0.1) is 0 Å². The Labute approximate surface area is 165 Å². The predicted molar refractivity (Wildman–Crippen MR) is 105 cm³/mol. The zero-order valence-corrected chi connectivity index (χ0v) is 16.6. The molecule has 2 aliphatic rings. The molecule has 3 unspecified atom stereocenters. The molecular weight excluding hydrogens is 362 g/mol. The second kappa shape index (κ2) is 7.17.